The van der Waals surface area contributed by atoms with E-state index in [2.05, 4.69) is 10.3 Å². The maximum Gasteiger partial charge on any atom is 0.321 e. The van der Waals surface area contributed by atoms with Gasteiger partial charge in [-0.3, -0.25) is 14.9 Å². The number of amides is 1. The third-order valence-electron chi connectivity index (χ3n) is 4.09. The largest absolute Gasteiger partial charge is 0.465 e. The summed E-state index contributed by atoms with van der Waals surface area (Å²) in [7, 11) is 0. The lowest BCUT2D eigenvalue weighted by Crippen LogP contribution is -2.55. The quantitative estimate of drug-likeness (QED) is 0.652. The summed E-state index contributed by atoms with van der Waals surface area (Å²) >= 11 is 0. The lowest BCUT2D eigenvalue weighted by Gasteiger charge is -2.35. The van der Waals surface area contributed by atoms with Crippen molar-refractivity contribution in [3.8, 4) is 0 Å². The summed E-state index contributed by atoms with van der Waals surface area (Å²) in [6.45, 7) is 4.44. The topological polar surface area (TPSA) is 80.2 Å². The Morgan fingerprint density at radius 2 is 2.04 bits per heavy atom. The van der Waals surface area contributed by atoms with Crippen LogP contribution in [0.15, 0.2) is 35.3 Å². The number of aliphatic imine (C=N–C) groups is 1. The lowest BCUT2D eigenvalue weighted by atomic mass is 9.91. The Hall–Kier alpha value is -2.41. The second-order valence-corrected chi connectivity index (χ2v) is 5.63. The average Bonchev–Trinajstić information content (AvgIpc) is 2.62. The molecule has 1 aromatic carbocycles. The minimum absolute atomic E-state index is 0.226. The zero-order valence-corrected chi connectivity index (χ0v) is 13.6. The molecule has 0 bridgehead atoms. The van der Waals surface area contributed by atoms with E-state index < -0.39 is 17.9 Å². The number of guanidine groups is 1. The molecule has 0 unspecified atom stereocenters. The summed E-state index contributed by atoms with van der Waals surface area (Å²) in [5, 5.41) is 2.76. The van der Waals surface area contributed by atoms with Crippen LogP contribution in [0.2, 0.25) is 0 Å². The monoisotopic (exact) mass is 331 g/mol. The highest BCUT2D eigenvalue weighted by molar-refractivity contribution is 6.08. The Kier molecular flexibility index (Phi) is 5.10. The van der Waals surface area contributed by atoms with E-state index >= 15 is 0 Å². The van der Waals surface area contributed by atoms with Crippen LogP contribution in [0.3, 0.4) is 0 Å². The molecule has 3 rings (SSSR count). The summed E-state index contributed by atoms with van der Waals surface area (Å²) in [5.41, 5.74) is 0.816. The molecule has 1 aromatic rings. The predicted molar refractivity (Wildman–Crippen MR) is 87.3 cm³/mol. The molecule has 2 aliphatic rings. The smallest absolute Gasteiger partial charge is 0.321 e. The van der Waals surface area contributed by atoms with Gasteiger partial charge in [0.15, 0.2) is 5.92 Å². The number of hydrogen-bond acceptors (Lipinski definition) is 6. The highest BCUT2D eigenvalue weighted by atomic mass is 16.5. The van der Waals surface area contributed by atoms with Crippen LogP contribution in [0.4, 0.5) is 0 Å². The fourth-order valence-electron chi connectivity index (χ4n) is 2.89. The first kappa shape index (κ1) is 16.4. The van der Waals surface area contributed by atoms with E-state index in [-0.39, 0.29) is 12.5 Å². The lowest BCUT2D eigenvalue weighted by molar-refractivity contribution is -0.153. The van der Waals surface area contributed by atoms with Gasteiger partial charge in [0.05, 0.1) is 19.8 Å². The number of morpholine rings is 1. The van der Waals surface area contributed by atoms with Crippen molar-refractivity contribution < 1.29 is 19.1 Å². The Bertz CT molecular complexity index is 626. The van der Waals surface area contributed by atoms with Gasteiger partial charge < -0.3 is 14.4 Å². The molecule has 0 spiro atoms. The van der Waals surface area contributed by atoms with E-state index in [9.17, 15) is 9.59 Å². The SMILES string of the molecule is CCOC(=O)[C@H]1C(=O)NC(N2CCOCC2)=N[C@H]1c1ccccc1. The Morgan fingerprint density at radius 1 is 1.33 bits per heavy atom. The molecule has 2 atom stereocenters. The van der Waals surface area contributed by atoms with Gasteiger partial charge in [0.25, 0.3) is 0 Å². The van der Waals surface area contributed by atoms with Crippen molar-refractivity contribution >= 4 is 17.8 Å². The molecule has 1 amide bonds. The van der Waals surface area contributed by atoms with E-state index in [1.54, 1.807) is 6.92 Å². The van der Waals surface area contributed by atoms with Crippen LogP contribution in [-0.4, -0.2) is 55.6 Å². The van der Waals surface area contributed by atoms with Crippen LogP contribution in [0.25, 0.3) is 0 Å². The Balaban J connectivity index is 1.94. The van der Waals surface area contributed by atoms with Crippen molar-refractivity contribution in [2.75, 3.05) is 32.9 Å². The summed E-state index contributed by atoms with van der Waals surface area (Å²) in [5.74, 6) is -1.40. The molecule has 1 saturated heterocycles. The van der Waals surface area contributed by atoms with Gasteiger partial charge in [-0.1, -0.05) is 30.3 Å². The minimum Gasteiger partial charge on any atom is -0.465 e. The molecule has 0 aromatic heterocycles. The molecule has 2 aliphatic heterocycles. The first-order valence-electron chi connectivity index (χ1n) is 8.13. The first-order valence-corrected chi connectivity index (χ1v) is 8.13. The summed E-state index contributed by atoms with van der Waals surface area (Å²) in [6, 6.07) is 8.78. The van der Waals surface area contributed by atoms with Crippen LogP contribution in [0, 0.1) is 5.92 Å². The van der Waals surface area contributed by atoms with Gasteiger partial charge in [0.1, 0.15) is 6.04 Å². The van der Waals surface area contributed by atoms with Gasteiger partial charge in [0, 0.05) is 13.1 Å². The van der Waals surface area contributed by atoms with Gasteiger partial charge in [-0.15, -0.1) is 0 Å². The van der Waals surface area contributed by atoms with Crippen LogP contribution in [-0.2, 0) is 19.1 Å². The van der Waals surface area contributed by atoms with Gasteiger partial charge in [-0.25, -0.2) is 4.99 Å². The molecule has 7 nitrogen and oxygen atoms in total. The summed E-state index contributed by atoms with van der Waals surface area (Å²) in [4.78, 5) is 31.5. The normalized spacial score (nSPS) is 24.1. The maximum atomic E-state index is 12.6. The van der Waals surface area contributed by atoms with Crippen molar-refractivity contribution in [2.45, 2.75) is 13.0 Å². The number of hydrogen-bond donors (Lipinski definition) is 1. The van der Waals surface area contributed by atoms with Gasteiger partial charge >= 0.3 is 5.97 Å². The standard InChI is InChI=1S/C17H21N3O4/c1-2-24-16(22)13-14(12-6-4-3-5-7-12)18-17(19-15(13)21)20-8-10-23-11-9-20/h3-7,13-14H,2,8-11H2,1H3,(H,18,19,21)/t13-,14+/m1/s1. The number of esters is 1. The van der Waals surface area contributed by atoms with Crippen molar-refractivity contribution in [3.63, 3.8) is 0 Å². The molecule has 0 aliphatic carbocycles. The predicted octanol–water partition coefficient (Wildman–Crippen LogP) is 0.725. The Labute approximate surface area is 140 Å². The van der Waals surface area contributed by atoms with Crippen molar-refractivity contribution in [2.24, 2.45) is 10.9 Å². The number of rotatable bonds is 3. The van der Waals surface area contributed by atoms with Crippen LogP contribution in [0.1, 0.15) is 18.5 Å². The number of carbonyl (C=O) groups excluding carboxylic acids is 2. The summed E-state index contributed by atoms with van der Waals surface area (Å²) in [6.07, 6.45) is 0. The second kappa shape index (κ2) is 7.44. The minimum atomic E-state index is -0.975. The number of benzene rings is 1. The molecule has 128 valence electrons. The highest BCUT2D eigenvalue weighted by Gasteiger charge is 2.41. The van der Waals surface area contributed by atoms with Gasteiger partial charge in [-0.05, 0) is 12.5 Å². The van der Waals surface area contributed by atoms with Crippen molar-refractivity contribution in [1.29, 1.82) is 0 Å². The van der Waals surface area contributed by atoms with Crippen molar-refractivity contribution in [1.82, 2.24) is 10.2 Å². The maximum absolute atomic E-state index is 12.6. The molecular weight excluding hydrogens is 310 g/mol. The third-order valence-corrected chi connectivity index (χ3v) is 4.09. The van der Waals surface area contributed by atoms with Crippen molar-refractivity contribution in [3.05, 3.63) is 35.9 Å². The van der Waals surface area contributed by atoms with E-state index in [0.29, 0.717) is 32.3 Å². The zero-order chi connectivity index (χ0) is 16.9. The molecule has 7 heteroatoms. The molecular formula is C17H21N3O4. The third kappa shape index (κ3) is 3.41. The molecule has 0 radical (unpaired) electrons. The molecule has 0 saturated carbocycles. The van der Waals surface area contributed by atoms with Gasteiger partial charge in [-0.2, -0.15) is 0 Å². The van der Waals surface area contributed by atoms with Crippen LogP contribution >= 0.6 is 0 Å². The number of carbonyl (C=O) groups is 2. The van der Waals surface area contributed by atoms with Crippen LogP contribution < -0.4 is 5.32 Å². The molecule has 24 heavy (non-hydrogen) atoms. The number of ether oxygens (including phenoxy) is 2. The molecule has 1 N–H and O–H groups in total. The van der Waals surface area contributed by atoms with E-state index in [0.717, 1.165) is 5.56 Å². The molecule has 2 heterocycles. The first-order chi connectivity index (χ1) is 11.7. The molecule has 1 fully saturated rings. The van der Waals surface area contributed by atoms with Crippen LogP contribution in [0.5, 0.6) is 0 Å². The zero-order valence-electron chi connectivity index (χ0n) is 13.6. The van der Waals surface area contributed by atoms with E-state index in [1.165, 1.54) is 0 Å². The average molecular weight is 331 g/mol. The fraction of sp³-hybridized carbons (Fsp3) is 0.471. The van der Waals surface area contributed by atoms with Gasteiger partial charge in [0.2, 0.25) is 11.9 Å². The van der Waals surface area contributed by atoms with E-state index in [1.807, 2.05) is 35.2 Å². The second-order valence-electron chi connectivity index (χ2n) is 5.63. The fourth-order valence-corrected chi connectivity index (χ4v) is 2.89. The van der Waals surface area contributed by atoms with E-state index in [4.69, 9.17) is 9.47 Å². The summed E-state index contributed by atoms with van der Waals surface area (Å²) < 4.78 is 10.4. The Morgan fingerprint density at radius 3 is 2.71 bits per heavy atom. The number of nitrogens with one attached hydrogen (secondary N) is 1. The highest BCUT2D eigenvalue weighted by Crippen LogP contribution is 2.30. The number of nitrogens with zero attached hydrogens (tertiary/aromatic N) is 2.